The predicted molar refractivity (Wildman–Crippen MR) is 107 cm³/mol. The highest BCUT2D eigenvalue weighted by Crippen LogP contribution is 2.11. The van der Waals surface area contributed by atoms with Gasteiger partial charge in [0.2, 0.25) is 17.4 Å². The first-order chi connectivity index (χ1) is 13.6. The fourth-order valence-corrected chi connectivity index (χ4v) is 2.97. The van der Waals surface area contributed by atoms with Crippen LogP contribution < -0.4 is 11.1 Å². The lowest BCUT2D eigenvalue weighted by Crippen LogP contribution is -2.50. The number of carboxylic acid groups (broad SMARTS) is 1. The van der Waals surface area contributed by atoms with Gasteiger partial charge < -0.3 is 35.8 Å². The third-order valence-electron chi connectivity index (χ3n) is 2.85. The van der Waals surface area contributed by atoms with Crippen LogP contribution in [0.2, 0.25) is 0 Å². The summed E-state index contributed by atoms with van der Waals surface area (Å²) < 4.78 is 9.13. The molecule has 11 nitrogen and oxygen atoms in total. The Labute approximate surface area is 175 Å². The molecule has 0 aromatic heterocycles. The number of carboxylic acids is 1. The van der Waals surface area contributed by atoms with Crippen LogP contribution in [0, 0.1) is 0 Å². The van der Waals surface area contributed by atoms with Crippen molar-refractivity contribution < 1.29 is 44.0 Å². The molecule has 1 amide bonds. The summed E-state index contributed by atoms with van der Waals surface area (Å²) in [6, 6.07) is -2.46. The van der Waals surface area contributed by atoms with Crippen LogP contribution in [0.25, 0.3) is 0 Å². The molecule has 0 aliphatic heterocycles. The molecule has 0 fully saturated rings. The molecule has 13 heteroatoms. The zero-order valence-electron chi connectivity index (χ0n) is 15.8. The van der Waals surface area contributed by atoms with Crippen LogP contribution in [-0.4, -0.2) is 75.9 Å². The van der Waals surface area contributed by atoms with E-state index in [0.29, 0.717) is 0 Å². The molecule has 0 aliphatic rings. The second kappa shape index (κ2) is 14.6. The van der Waals surface area contributed by atoms with E-state index in [1.165, 1.54) is 0 Å². The molecule has 0 heterocycles. The Hall–Kier alpha value is -2.38. The van der Waals surface area contributed by atoms with Gasteiger partial charge in [0.05, 0.1) is 19.3 Å². The molecule has 2 atom stereocenters. The van der Waals surface area contributed by atoms with Crippen LogP contribution in [0.1, 0.15) is 13.8 Å². The molecule has 0 rings (SSSR count). The van der Waals surface area contributed by atoms with Gasteiger partial charge in [-0.1, -0.05) is 0 Å². The number of aliphatic hydroxyl groups is 2. The molecule has 0 aromatic rings. The molecule has 0 spiro atoms. The number of aliphatic carboxylic acids is 1. The number of nitrogens with two attached hydrogens (primary N) is 1. The molecule has 0 radical (unpaired) electrons. The average Bonchev–Trinajstić information content (AvgIpc) is 2.66. The van der Waals surface area contributed by atoms with E-state index >= 15 is 0 Å². The van der Waals surface area contributed by atoms with Crippen molar-refractivity contribution in [3.8, 4) is 0 Å². The van der Waals surface area contributed by atoms with Gasteiger partial charge in [0.25, 0.3) is 0 Å². The Morgan fingerprint density at radius 3 is 1.79 bits per heavy atom. The normalized spacial score (nSPS) is 13.9. The van der Waals surface area contributed by atoms with Gasteiger partial charge in [-0.05, 0) is 13.8 Å². The third kappa shape index (κ3) is 11.3. The van der Waals surface area contributed by atoms with E-state index in [4.69, 9.17) is 5.73 Å². The van der Waals surface area contributed by atoms with E-state index in [2.05, 4.69) is 14.8 Å². The van der Waals surface area contributed by atoms with Crippen molar-refractivity contribution in [3.05, 3.63) is 22.3 Å². The summed E-state index contributed by atoms with van der Waals surface area (Å²) in [5.41, 5.74) is 5.66. The molecular weight excluding hydrogens is 428 g/mol. The Kier molecular flexibility index (Phi) is 13.4. The van der Waals surface area contributed by atoms with E-state index in [9.17, 15) is 34.5 Å². The monoisotopic (exact) mass is 452 g/mol. The maximum atomic E-state index is 12.0. The Bertz CT molecular complexity index is 652. The molecule has 0 saturated carbocycles. The highest BCUT2D eigenvalue weighted by atomic mass is 32.2. The summed E-state index contributed by atoms with van der Waals surface area (Å²) in [6.07, 6.45) is 0. The number of nitrogens with one attached hydrogen (secondary N) is 1. The minimum atomic E-state index is -1.34. The average molecular weight is 453 g/mol. The van der Waals surface area contributed by atoms with Gasteiger partial charge in [0, 0.05) is 22.3 Å². The third-order valence-corrected chi connectivity index (χ3v) is 4.71. The second-order valence-electron chi connectivity index (χ2n) is 5.12. The highest BCUT2D eigenvalue weighted by molar-refractivity contribution is 8.02. The van der Waals surface area contributed by atoms with Crippen molar-refractivity contribution in [2.45, 2.75) is 25.9 Å². The zero-order chi connectivity index (χ0) is 22.4. The summed E-state index contributed by atoms with van der Waals surface area (Å²) in [7, 11) is 0. The first-order valence-electron chi connectivity index (χ1n) is 8.28. The molecule has 0 saturated heterocycles. The van der Waals surface area contributed by atoms with Crippen LogP contribution in [0.5, 0.6) is 0 Å². The smallest absolute Gasteiger partial charge is 0.373 e. The number of carbonyl (C=O) groups excluding carboxylic acids is 3. The van der Waals surface area contributed by atoms with Crippen LogP contribution in [0.4, 0.5) is 0 Å². The SMILES string of the molecule is CCOC(=O)C(O)=CSCC(N)C(=O)NC(CSC=C(O)C(=O)OCC)C(=O)O. The molecule has 29 heavy (non-hydrogen) atoms. The number of amides is 1. The molecule has 164 valence electrons. The zero-order valence-corrected chi connectivity index (χ0v) is 17.5. The highest BCUT2D eigenvalue weighted by Gasteiger charge is 2.23. The largest absolute Gasteiger partial charge is 0.501 e. The lowest BCUT2D eigenvalue weighted by molar-refractivity contribution is -0.142. The van der Waals surface area contributed by atoms with E-state index in [0.717, 1.165) is 34.3 Å². The Balaban J connectivity index is 4.60. The second-order valence-corrected chi connectivity index (χ2v) is 6.92. The van der Waals surface area contributed by atoms with Gasteiger partial charge in [-0.15, -0.1) is 23.5 Å². The molecule has 6 N–H and O–H groups in total. The number of hydrogen-bond acceptors (Lipinski definition) is 11. The number of ether oxygens (including phenoxy) is 2. The van der Waals surface area contributed by atoms with E-state index in [1.807, 2.05) is 0 Å². The van der Waals surface area contributed by atoms with Gasteiger partial charge in [0.1, 0.15) is 6.04 Å². The number of thioether (sulfide) groups is 2. The van der Waals surface area contributed by atoms with Crippen molar-refractivity contribution in [2.24, 2.45) is 5.73 Å². The predicted octanol–water partition coefficient (Wildman–Crippen LogP) is 0.275. The number of rotatable bonds is 13. The minimum Gasteiger partial charge on any atom is -0.501 e. The number of aliphatic hydroxyl groups excluding tert-OH is 2. The van der Waals surface area contributed by atoms with Crippen LogP contribution in [-0.2, 0) is 28.7 Å². The molecule has 0 aliphatic carbocycles. The Morgan fingerprint density at radius 2 is 1.38 bits per heavy atom. The number of carbonyl (C=O) groups is 4. The van der Waals surface area contributed by atoms with Gasteiger partial charge >= 0.3 is 17.9 Å². The lowest BCUT2D eigenvalue weighted by atomic mass is 10.3. The fraction of sp³-hybridized carbons (Fsp3) is 0.500. The maximum absolute atomic E-state index is 12.0. The van der Waals surface area contributed by atoms with Crippen molar-refractivity contribution in [2.75, 3.05) is 24.7 Å². The molecule has 2 unspecified atom stereocenters. The van der Waals surface area contributed by atoms with Crippen LogP contribution in [0.15, 0.2) is 22.3 Å². The Morgan fingerprint density at radius 1 is 0.931 bits per heavy atom. The minimum absolute atomic E-state index is 0.0433. The first kappa shape index (κ1) is 26.6. The van der Waals surface area contributed by atoms with E-state index in [1.54, 1.807) is 13.8 Å². The summed E-state index contributed by atoms with van der Waals surface area (Å²) in [5, 5.41) is 32.3. The summed E-state index contributed by atoms with van der Waals surface area (Å²) in [5.74, 6) is -5.53. The van der Waals surface area contributed by atoms with Crippen LogP contribution >= 0.6 is 23.5 Å². The first-order valence-corrected chi connectivity index (χ1v) is 10.4. The summed E-state index contributed by atoms with van der Waals surface area (Å²) in [6.45, 7) is 3.29. The van der Waals surface area contributed by atoms with Crippen molar-refractivity contribution >= 4 is 47.3 Å². The van der Waals surface area contributed by atoms with Crippen LogP contribution in [0.3, 0.4) is 0 Å². The van der Waals surface area contributed by atoms with Gasteiger partial charge in [0.15, 0.2) is 0 Å². The number of esters is 2. The molecule has 0 bridgehead atoms. The summed E-state index contributed by atoms with van der Waals surface area (Å²) >= 11 is 1.66. The van der Waals surface area contributed by atoms with E-state index in [-0.39, 0.29) is 24.7 Å². The fourth-order valence-electron chi connectivity index (χ4n) is 1.49. The van der Waals surface area contributed by atoms with Crippen molar-refractivity contribution in [1.29, 1.82) is 0 Å². The summed E-state index contributed by atoms with van der Waals surface area (Å²) in [4.78, 5) is 45.7. The van der Waals surface area contributed by atoms with Crippen molar-refractivity contribution in [1.82, 2.24) is 5.32 Å². The maximum Gasteiger partial charge on any atom is 0.373 e. The van der Waals surface area contributed by atoms with E-state index < -0.39 is 47.4 Å². The lowest BCUT2D eigenvalue weighted by Gasteiger charge is -2.16. The molecule has 0 aromatic carbocycles. The van der Waals surface area contributed by atoms with Crippen molar-refractivity contribution in [3.63, 3.8) is 0 Å². The topological polar surface area (TPSA) is 185 Å². The van der Waals surface area contributed by atoms with Gasteiger partial charge in [-0.25, -0.2) is 14.4 Å². The van der Waals surface area contributed by atoms with Gasteiger partial charge in [-0.2, -0.15) is 0 Å². The number of hydrogen-bond donors (Lipinski definition) is 5. The quantitative estimate of drug-likeness (QED) is 0.146. The molecular formula is C16H24N2O9S2. The van der Waals surface area contributed by atoms with Gasteiger partial charge in [-0.3, -0.25) is 4.79 Å². The standard InChI is InChI=1S/C16H24N2O9S2/c1-3-26-15(24)11(19)7-28-5-9(17)13(21)18-10(14(22)23)6-29-8-12(20)16(25)27-4-2/h7-10,19-20H,3-6,17H2,1-2H3,(H,18,21)(H,22,23).